The SMILES string of the molecule is CN(C1CCCC1)C1CCN(c2ccccc2F)CC1. The average Bonchev–Trinajstić information content (AvgIpc) is 3.01. The molecule has 2 aliphatic rings. The molecule has 0 N–H and O–H groups in total. The van der Waals surface area contributed by atoms with Crippen LogP contribution >= 0.6 is 0 Å². The van der Waals surface area contributed by atoms with E-state index in [2.05, 4.69) is 16.8 Å². The number of hydrogen-bond acceptors (Lipinski definition) is 2. The molecular formula is C17H25FN2. The summed E-state index contributed by atoms with van der Waals surface area (Å²) in [7, 11) is 2.29. The van der Waals surface area contributed by atoms with E-state index < -0.39 is 0 Å². The van der Waals surface area contributed by atoms with Gasteiger partial charge in [0.2, 0.25) is 0 Å². The Labute approximate surface area is 121 Å². The Morgan fingerprint density at radius 1 is 1.00 bits per heavy atom. The lowest BCUT2D eigenvalue weighted by Crippen LogP contribution is -2.46. The molecule has 1 saturated carbocycles. The molecule has 1 aromatic carbocycles. The highest BCUT2D eigenvalue weighted by Crippen LogP contribution is 2.29. The monoisotopic (exact) mass is 276 g/mol. The topological polar surface area (TPSA) is 6.48 Å². The van der Waals surface area contributed by atoms with Crippen molar-refractivity contribution < 1.29 is 4.39 Å². The summed E-state index contributed by atoms with van der Waals surface area (Å²) in [6.07, 6.45) is 7.82. The molecular weight excluding hydrogens is 251 g/mol. The zero-order chi connectivity index (χ0) is 13.9. The van der Waals surface area contributed by atoms with E-state index in [1.807, 2.05) is 12.1 Å². The first-order valence-electron chi connectivity index (χ1n) is 7.97. The summed E-state index contributed by atoms with van der Waals surface area (Å²) in [5.41, 5.74) is 0.773. The average molecular weight is 276 g/mol. The number of nitrogens with zero attached hydrogens (tertiary/aromatic N) is 2. The third-order valence-electron chi connectivity index (χ3n) is 5.13. The summed E-state index contributed by atoms with van der Waals surface area (Å²) in [5, 5.41) is 0. The Balaban J connectivity index is 1.58. The van der Waals surface area contributed by atoms with E-state index in [1.165, 1.54) is 25.7 Å². The number of rotatable bonds is 3. The lowest BCUT2D eigenvalue weighted by atomic mass is 10.0. The molecule has 0 radical (unpaired) electrons. The van der Waals surface area contributed by atoms with E-state index in [1.54, 1.807) is 12.1 Å². The van der Waals surface area contributed by atoms with Gasteiger partial charge < -0.3 is 9.80 Å². The van der Waals surface area contributed by atoms with Crippen LogP contribution in [0.4, 0.5) is 10.1 Å². The van der Waals surface area contributed by atoms with Gasteiger partial charge in [0.1, 0.15) is 5.82 Å². The summed E-state index contributed by atoms with van der Waals surface area (Å²) < 4.78 is 13.8. The maximum atomic E-state index is 13.8. The second-order valence-corrected chi connectivity index (χ2v) is 6.27. The van der Waals surface area contributed by atoms with E-state index in [0.717, 1.165) is 37.7 Å². The molecule has 1 aliphatic carbocycles. The fourth-order valence-corrected chi connectivity index (χ4v) is 3.83. The second kappa shape index (κ2) is 6.13. The van der Waals surface area contributed by atoms with Gasteiger partial charge in [-0.2, -0.15) is 0 Å². The van der Waals surface area contributed by atoms with Crippen LogP contribution in [0.25, 0.3) is 0 Å². The van der Waals surface area contributed by atoms with Crippen LogP contribution in [-0.2, 0) is 0 Å². The van der Waals surface area contributed by atoms with Gasteiger partial charge in [0, 0.05) is 25.2 Å². The van der Waals surface area contributed by atoms with E-state index in [4.69, 9.17) is 0 Å². The molecule has 2 nitrogen and oxygen atoms in total. The molecule has 110 valence electrons. The van der Waals surface area contributed by atoms with Crippen molar-refractivity contribution in [2.75, 3.05) is 25.0 Å². The van der Waals surface area contributed by atoms with Crippen molar-refractivity contribution >= 4 is 5.69 Å². The van der Waals surface area contributed by atoms with Crippen LogP contribution in [0.3, 0.4) is 0 Å². The highest BCUT2D eigenvalue weighted by molar-refractivity contribution is 5.47. The quantitative estimate of drug-likeness (QED) is 0.831. The van der Waals surface area contributed by atoms with Crippen molar-refractivity contribution in [2.24, 2.45) is 0 Å². The number of para-hydroxylation sites is 1. The van der Waals surface area contributed by atoms with E-state index in [-0.39, 0.29) is 5.82 Å². The first-order chi connectivity index (χ1) is 9.75. The lowest BCUT2D eigenvalue weighted by molar-refractivity contribution is 0.150. The standard InChI is InChI=1S/C17H25FN2/c1-19(14-6-2-3-7-14)15-10-12-20(13-11-15)17-9-5-4-8-16(17)18/h4-5,8-9,14-15H,2-3,6-7,10-13H2,1H3. The largest absolute Gasteiger partial charge is 0.369 e. The summed E-state index contributed by atoms with van der Waals surface area (Å²) in [6, 6.07) is 8.62. The molecule has 3 heteroatoms. The molecule has 1 aliphatic heterocycles. The second-order valence-electron chi connectivity index (χ2n) is 6.27. The van der Waals surface area contributed by atoms with Crippen molar-refractivity contribution in [1.29, 1.82) is 0 Å². The van der Waals surface area contributed by atoms with Crippen molar-refractivity contribution in [1.82, 2.24) is 4.90 Å². The van der Waals surface area contributed by atoms with E-state index in [9.17, 15) is 4.39 Å². The zero-order valence-electron chi connectivity index (χ0n) is 12.4. The van der Waals surface area contributed by atoms with Crippen LogP contribution in [0.1, 0.15) is 38.5 Å². The highest BCUT2D eigenvalue weighted by Gasteiger charge is 2.29. The van der Waals surface area contributed by atoms with Gasteiger partial charge in [0.05, 0.1) is 5.69 Å². The molecule has 1 aromatic rings. The predicted octanol–water partition coefficient (Wildman–Crippen LogP) is 3.67. The minimum atomic E-state index is -0.0879. The Morgan fingerprint density at radius 3 is 2.25 bits per heavy atom. The van der Waals surface area contributed by atoms with Crippen molar-refractivity contribution in [3.63, 3.8) is 0 Å². The summed E-state index contributed by atoms with van der Waals surface area (Å²) in [6.45, 7) is 1.95. The molecule has 20 heavy (non-hydrogen) atoms. The smallest absolute Gasteiger partial charge is 0.146 e. The van der Waals surface area contributed by atoms with Crippen LogP contribution < -0.4 is 4.90 Å². The molecule has 1 saturated heterocycles. The Hall–Kier alpha value is -1.09. The lowest BCUT2D eigenvalue weighted by Gasteiger charge is -2.40. The van der Waals surface area contributed by atoms with Gasteiger partial charge in [-0.15, -0.1) is 0 Å². The normalized spacial score (nSPS) is 21.9. The van der Waals surface area contributed by atoms with Crippen LogP contribution in [0.5, 0.6) is 0 Å². The Kier molecular flexibility index (Phi) is 4.25. The van der Waals surface area contributed by atoms with Crippen molar-refractivity contribution in [2.45, 2.75) is 50.6 Å². The van der Waals surface area contributed by atoms with Crippen LogP contribution in [0.2, 0.25) is 0 Å². The van der Waals surface area contributed by atoms with Gasteiger partial charge in [0.25, 0.3) is 0 Å². The van der Waals surface area contributed by atoms with Gasteiger partial charge in [-0.3, -0.25) is 0 Å². The first kappa shape index (κ1) is 13.9. The molecule has 0 spiro atoms. The Morgan fingerprint density at radius 2 is 1.60 bits per heavy atom. The summed E-state index contributed by atoms with van der Waals surface area (Å²) in [4.78, 5) is 4.81. The fourth-order valence-electron chi connectivity index (χ4n) is 3.83. The van der Waals surface area contributed by atoms with E-state index in [0.29, 0.717) is 6.04 Å². The van der Waals surface area contributed by atoms with Gasteiger partial charge in [0.15, 0.2) is 0 Å². The number of benzene rings is 1. The van der Waals surface area contributed by atoms with Gasteiger partial charge in [-0.1, -0.05) is 25.0 Å². The number of anilines is 1. The maximum Gasteiger partial charge on any atom is 0.146 e. The molecule has 2 fully saturated rings. The molecule has 0 bridgehead atoms. The predicted molar refractivity (Wildman–Crippen MR) is 81.7 cm³/mol. The van der Waals surface area contributed by atoms with Crippen LogP contribution in [0, 0.1) is 5.82 Å². The van der Waals surface area contributed by atoms with Gasteiger partial charge in [-0.05, 0) is 44.9 Å². The van der Waals surface area contributed by atoms with Crippen LogP contribution in [-0.4, -0.2) is 37.1 Å². The number of hydrogen-bond donors (Lipinski definition) is 0. The molecule has 3 rings (SSSR count). The third-order valence-corrected chi connectivity index (χ3v) is 5.13. The minimum absolute atomic E-state index is 0.0879. The van der Waals surface area contributed by atoms with Gasteiger partial charge in [-0.25, -0.2) is 4.39 Å². The van der Waals surface area contributed by atoms with Crippen LogP contribution in [0.15, 0.2) is 24.3 Å². The van der Waals surface area contributed by atoms with Gasteiger partial charge >= 0.3 is 0 Å². The summed E-state index contributed by atoms with van der Waals surface area (Å²) >= 11 is 0. The zero-order valence-corrected chi connectivity index (χ0v) is 12.4. The highest BCUT2D eigenvalue weighted by atomic mass is 19.1. The first-order valence-corrected chi connectivity index (χ1v) is 7.97. The molecule has 1 heterocycles. The summed E-state index contributed by atoms with van der Waals surface area (Å²) in [5.74, 6) is -0.0879. The molecule has 0 aromatic heterocycles. The third kappa shape index (κ3) is 2.83. The van der Waals surface area contributed by atoms with E-state index >= 15 is 0 Å². The molecule has 0 atom stereocenters. The number of halogens is 1. The molecule has 0 amide bonds. The molecule has 0 unspecified atom stereocenters. The number of piperidine rings is 1. The minimum Gasteiger partial charge on any atom is -0.369 e. The maximum absolute atomic E-state index is 13.8. The fraction of sp³-hybridized carbons (Fsp3) is 0.647. The van der Waals surface area contributed by atoms with Crippen molar-refractivity contribution in [3.05, 3.63) is 30.1 Å². The van der Waals surface area contributed by atoms with Crippen molar-refractivity contribution in [3.8, 4) is 0 Å². The Bertz CT molecular complexity index is 434.